The van der Waals surface area contributed by atoms with Gasteiger partial charge in [0.05, 0.1) is 0 Å². The van der Waals surface area contributed by atoms with Crippen LogP contribution in [0.3, 0.4) is 0 Å². The van der Waals surface area contributed by atoms with E-state index in [0.29, 0.717) is 39.7 Å². The summed E-state index contributed by atoms with van der Waals surface area (Å²) in [7, 11) is 1.80. The van der Waals surface area contributed by atoms with Gasteiger partial charge in [-0.25, -0.2) is 0 Å². The van der Waals surface area contributed by atoms with Gasteiger partial charge in [0.25, 0.3) is 11.8 Å². The third-order valence-electron chi connectivity index (χ3n) is 7.26. The number of aliphatic hydroxyl groups excluding tert-OH is 1. The second kappa shape index (κ2) is 12.0. The molecule has 0 radical (unpaired) electrons. The van der Waals surface area contributed by atoms with Crippen molar-refractivity contribution in [2.75, 3.05) is 35.2 Å². The van der Waals surface area contributed by atoms with Crippen LogP contribution in [0.2, 0.25) is 0 Å². The third-order valence-corrected chi connectivity index (χ3v) is 7.26. The van der Waals surface area contributed by atoms with Crippen LogP contribution < -0.4 is 15.5 Å². The predicted octanol–water partition coefficient (Wildman–Crippen LogP) is 4.97. The maximum atomic E-state index is 13.0. The molecule has 8 heteroatoms. The summed E-state index contributed by atoms with van der Waals surface area (Å²) in [4.78, 5) is 40.4. The molecule has 1 unspecified atom stereocenters. The quantitative estimate of drug-likeness (QED) is 0.276. The summed E-state index contributed by atoms with van der Waals surface area (Å²) in [6.07, 6.45) is 3.89. The molecule has 2 amide bonds. The Labute approximate surface area is 233 Å². The van der Waals surface area contributed by atoms with Crippen molar-refractivity contribution in [3.8, 4) is 0 Å². The number of hydrogen-bond donors (Lipinski definition) is 3. The molecule has 3 aromatic carbocycles. The van der Waals surface area contributed by atoms with Crippen molar-refractivity contribution in [3.05, 3.63) is 114 Å². The van der Waals surface area contributed by atoms with Gasteiger partial charge in [0.1, 0.15) is 5.69 Å². The van der Waals surface area contributed by atoms with Crippen molar-refractivity contribution < 1.29 is 19.5 Å². The van der Waals surface area contributed by atoms with Crippen LogP contribution >= 0.6 is 0 Å². The monoisotopic (exact) mass is 536 g/mol. The fourth-order valence-electron chi connectivity index (χ4n) is 4.94. The van der Waals surface area contributed by atoms with Crippen LogP contribution in [0.5, 0.6) is 0 Å². The summed E-state index contributed by atoms with van der Waals surface area (Å²) in [5.41, 5.74) is 4.30. The van der Waals surface area contributed by atoms with Gasteiger partial charge in [-0.3, -0.25) is 14.4 Å². The first-order chi connectivity index (χ1) is 19.4. The van der Waals surface area contributed by atoms with Gasteiger partial charge in [-0.1, -0.05) is 0 Å². The second-order valence-electron chi connectivity index (χ2n) is 10.1. The third kappa shape index (κ3) is 6.13. The molecule has 1 aromatic heterocycles. The average molecular weight is 537 g/mol. The molecule has 1 saturated heterocycles. The van der Waals surface area contributed by atoms with Crippen molar-refractivity contribution in [1.82, 2.24) is 4.57 Å². The fourth-order valence-corrected chi connectivity index (χ4v) is 4.94. The van der Waals surface area contributed by atoms with E-state index in [1.807, 2.05) is 12.1 Å². The van der Waals surface area contributed by atoms with Gasteiger partial charge in [0.15, 0.2) is 5.78 Å². The lowest BCUT2D eigenvalue weighted by atomic mass is 9.98. The number of aromatic nitrogens is 1. The van der Waals surface area contributed by atoms with Crippen molar-refractivity contribution in [2.45, 2.75) is 12.8 Å². The normalized spacial score (nSPS) is 14.9. The molecule has 0 bridgehead atoms. The Bertz CT molecular complexity index is 1490. The first-order valence-corrected chi connectivity index (χ1v) is 13.4. The summed E-state index contributed by atoms with van der Waals surface area (Å²) in [5.74, 6) is -0.322. The van der Waals surface area contributed by atoms with Gasteiger partial charge in [0.2, 0.25) is 0 Å². The molecule has 4 aromatic rings. The van der Waals surface area contributed by atoms with E-state index in [1.165, 1.54) is 0 Å². The zero-order chi connectivity index (χ0) is 28.1. The molecule has 40 heavy (non-hydrogen) atoms. The molecule has 0 saturated carbocycles. The maximum Gasteiger partial charge on any atom is 0.272 e. The van der Waals surface area contributed by atoms with Crippen molar-refractivity contribution in [2.24, 2.45) is 13.0 Å². The van der Waals surface area contributed by atoms with Crippen LogP contribution in [0.25, 0.3) is 0 Å². The van der Waals surface area contributed by atoms with Crippen LogP contribution in [0.4, 0.5) is 17.1 Å². The van der Waals surface area contributed by atoms with E-state index in [9.17, 15) is 19.5 Å². The van der Waals surface area contributed by atoms with E-state index in [0.717, 1.165) is 31.6 Å². The number of ketones is 1. The second-order valence-corrected chi connectivity index (χ2v) is 10.1. The molecular weight excluding hydrogens is 504 g/mol. The van der Waals surface area contributed by atoms with Gasteiger partial charge in [0, 0.05) is 66.7 Å². The number of carbonyl (C=O) groups is 3. The highest BCUT2D eigenvalue weighted by molar-refractivity contribution is 6.10. The number of benzene rings is 3. The summed E-state index contributed by atoms with van der Waals surface area (Å²) >= 11 is 0. The number of aryl methyl sites for hydroxylation is 1. The summed E-state index contributed by atoms with van der Waals surface area (Å²) in [5, 5.41) is 15.2. The number of piperidine rings is 1. The summed E-state index contributed by atoms with van der Waals surface area (Å²) in [6.45, 7) is 1.96. The molecule has 8 nitrogen and oxygen atoms in total. The number of nitrogens with zero attached hydrogens (tertiary/aromatic N) is 2. The zero-order valence-corrected chi connectivity index (χ0v) is 22.3. The highest BCUT2D eigenvalue weighted by Gasteiger charge is 2.20. The van der Waals surface area contributed by atoms with Gasteiger partial charge >= 0.3 is 0 Å². The van der Waals surface area contributed by atoms with Crippen molar-refractivity contribution in [1.29, 1.82) is 0 Å². The van der Waals surface area contributed by atoms with Crippen molar-refractivity contribution in [3.63, 3.8) is 0 Å². The Morgan fingerprint density at radius 3 is 1.93 bits per heavy atom. The Morgan fingerprint density at radius 1 is 0.800 bits per heavy atom. The van der Waals surface area contributed by atoms with Gasteiger partial charge in [-0.05, 0) is 104 Å². The van der Waals surface area contributed by atoms with Crippen LogP contribution in [0.1, 0.15) is 49.6 Å². The molecule has 3 N–H and O–H groups in total. The lowest BCUT2D eigenvalue weighted by Gasteiger charge is -2.33. The van der Waals surface area contributed by atoms with E-state index in [1.54, 1.807) is 90.6 Å². The number of anilines is 3. The Kier molecular flexibility index (Phi) is 8.07. The van der Waals surface area contributed by atoms with E-state index >= 15 is 0 Å². The van der Waals surface area contributed by atoms with Gasteiger partial charge in [-0.15, -0.1) is 0 Å². The minimum Gasteiger partial charge on any atom is -0.396 e. The minimum absolute atomic E-state index is 0.157. The summed E-state index contributed by atoms with van der Waals surface area (Å²) < 4.78 is 1.74. The number of rotatable bonds is 8. The van der Waals surface area contributed by atoms with Crippen LogP contribution in [0, 0.1) is 5.92 Å². The Balaban J connectivity index is 1.17. The molecular formula is C32H32N4O4. The van der Waals surface area contributed by atoms with Crippen LogP contribution in [-0.4, -0.2) is 47.0 Å². The highest BCUT2D eigenvalue weighted by Crippen LogP contribution is 2.24. The zero-order valence-electron chi connectivity index (χ0n) is 22.3. The predicted molar refractivity (Wildman–Crippen MR) is 156 cm³/mol. The van der Waals surface area contributed by atoms with E-state index in [4.69, 9.17) is 0 Å². The van der Waals surface area contributed by atoms with Crippen LogP contribution in [-0.2, 0) is 7.05 Å². The lowest BCUT2D eigenvalue weighted by Crippen LogP contribution is -2.36. The Morgan fingerprint density at radius 2 is 1.38 bits per heavy atom. The number of aliphatic hydroxyl groups is 1. The van der Waals surface area contributed by atoms with E-state index in [-0.39, 0.29) is 24.2 Å². The molecule has 0 spiro atoms. The first-order valence-electron chi connectivity index (χ1n) is 13.4. The molecule has 1 aliphatic heterocycles. The topological polar surface area (TPSA) is 104 Å². The van der Waals surface area contributed by atoms with Crippen molar-refractivity contribution >= 4 is 34.7 Å². The number of hydrogen-bond acceptors (Lipinski definition) is 5. The number of nitrogens with one attached hydrogen (secondary N) is 2. The molecule has 1 atom stereocenters. The molecule has 0 aliphatic carbocycles. The molecule has 1 fully saturated rings. The summed E-state index contributed by atoms with van der Waals surface area (Å²) in [6, 6.07) is 24.5. The molecule has 1 aliphatic rings. The van der Waals surface area contributed by atoms with Crippen LogP contribution in [0.15, 0.2) is 91.1 Å². The van der Waals surface area contributed by atoms with E-state index in [2.05, 4.69) is 15.5 Å². The average Bonchev–Trinajstić information content (AvgIpc) is 3.43. The molecule has 2 heterocycles. The SMILES string of the molecule is Cn1cccc1C(=O)Nc1ccc(C(=O)c2ccc(NC(=O)c3ccc(N4CCCC(CO)C4)cc3)cc2)cc1. The highest BCUT2D eigenvalue weighted by atomic mass is 16.3. The standard InChI is InChI=1S/C32H32N4O4/c1-35-18-3-5-29(35)32(40)34-27-14-8-24(9-15-27)30(38)23-6-12-26(13-7-23)33-31(39)25-10-16-28(17-11-25)36-19-2-4-22(20-36)21-37/h3,5-18,22,37H,2,4,19-21H2,1H3,(H,33,39)(H,34,40). The molecule has 5 rings (SSSR count). The first kappa shape index (κ1) is 26.9. The lowest BCUT2D eigenvalue weighted by molar-refractivity contribution is 0.101. The smallest absolute Gasteiger partial charge is 0.272 e. The number of amides is 2. The van der Waals surface area contributed by atoms with E-state index < -0.39 is 0 Å². The van der Waals surface area contributed by atoms with Gasteiger partial charge in [-0.2, -0.15) is 0 Å². The maximum absolute atomic E-state index is 13.0. The molecule has 204 valence electrons. The van der Waals surface area contributed by atoms with Gasteiger partial charge < -0.3 is 25.2 Å². The fraction of sp³-hybridized carbons (Fsp3) is 0.219. The Hall–Kier alpha value is -4.69. The largest absolute Gasteiger partial charge is 0.396 e. The minimum atomic E-state index is -0.231. The number of carbonyl (C=O) groups excluding carboxylic acids is 3.